The number of carbonyl (C=O) groups excluding carboxylic acids is 2. The summed E-state index contributed by atoms with van der Waals surface area (Å²) in [6.07, 6.45) is 4.01. The fourth-order valence-corrected chi connectivity index (χ4v) is 1.64. The first-order valence-corrected chi connectivity index (χ1v) is 5.39. The summed E-state index contributed by atoms with van der Waals surface area (Å²) >= 11 is 0. The number of hydrogen-bond donors (Lipinski definition) is 0. The summed E-state index contributed by atoms with van der Waals surface area (Å²) in [5.74, 6) is -0.318. The van der Waals surface area contributed by atoms with Gasteiger partial charge in [0.15, 0.2) is 0 Å². The number of Topliss-reactive ketones (excluding diaryl/α,β-unsaturated/α-hetero) is 2. The molecule has 0 N–H and O–H groups in total. The lowest BCUT2D eigenvalue weighted by atomic mass is 9.93. The van der Waals surface area contributed by atoms with Gasteiger partial charge < -0.3 is 4.74 Å². The monoisotopic (exact) mass is 198 g/mol. The van der Waals surface area contributed by atoms with Gasteiger partial charge in [-0.25, -0.2) is 0 Å². The van der Waals surface area contributed by atoms with Crippen molar-refractivity contribution in [2.75, 3.05) is 13.2 Å². The molecule has 0 saturated carbocycles. The molecule has 1 fully saturated rings. The minimum Gasteiger partial charge on any atom is -0.380 e. The van der Waals surface area contributed by atoms with Crippen molar-refractivity contribution in [3.05, 3.63) is 0 Å². The second kappa shape index (κ2) is 5.91. The first-order valence-electron chi connectivity index (χ1n) is 5.39. The number of hydrogen-bond acceptors (Lipinski definition) is 3. The Morgan fingerprint density at radius 2 is 2.29 bits per heavy atom. The molecule has 0 aromatic carbocycles. The highest BCUT2D eigenvalue weighted by atomic mass is 16.5. The van der Waals surface area contributed by atoms with E-state index < -0.39 is 5.92 Å². The number of ether oxygens (including phenoxy) is 1. The third kappa shape index (κ3) is 3.22. The molecule has 80 valence electrons. The predicted molar refractivity (Wildman–Crippen MR) is 53.1 cm³/mol. The van der Waals surface area contributed by atoms with E-state index in [9.17, 15) is 9.59 Å². The van der Waals surface area contributed by atoms with E-state index >= 15 is 0 Å². The fraction of sp³-hybridized carbons (Fsp3) is 0.818. The molecule has 1 atom stereocenters. The van der Waals surface area contributed by atoms with Gasteiger partial charge in [0.25, 0.3) is 0 Å². The highest BCUT2D eigenvalue weighted by Gasteiger charge is 2.28. The Morgan fingerprint density at radius 3 is 2.93 bits per heavy atom. The van der Waals surface area contributed by atoms with Crippen molar-refractivity contribution in [3.8, 4) is 0 Å². The molecule has 1 rings (SSSR count). The van der Waals surface area contributed by atoms with Crippen molar-refractivity contribution in [2.45, 2.75) is 39.0 Å². The Balaban J connectivity index is 2.31. The minimum absolute atomic E-state index is 0.0674. The summed E-state index contributed by atoms with van der Waals surface area (Å²) in [7, 11) is 0. The molecule has 0 bridgehead atoms. The molecule has 14 heavy (non-hydrogen) atoms. The van der Waals surface area contributed by atoms with Gasteiger partial charge in [-0.1, -0.05) is 19.8 Å². The van der Waals surface area contributed by atoms with Crippen LogP contribution in [0.1, 0.15) is 39.0 Å². The standard InChI is InChI=1S/C11H18O3/c1-2-3-4-5-10(12)9-8-14-7-6-11(9)13/h9H,2-8H2,1H3. The van der Waals surface area contributed by atoms with Crippen molar-refractivity contribution in [2.24, 2.45) is 5.92 Å². The summed E-state index contributed by atoms with van der Waals surface area (Å²) in [6.45, 7) is 2.89. The van der Waals surface area contributed by atoms with E-state index in [0.29, 0.717) is 26.1 Å². The molecular weight excluding hydrogens is 180 g/mol. The Bertz CT molecular complexity index is 211. The normalized spacial score (nSPS) is 22.4. The Hall–Kier alpha value is -0.700. The van der Waals surface area contributed by atoms with Crippen LogP contribution in [0.4, 0.5) is 0 Å². The lowest BCUT2D eigenvalue weighted by Gasteiger charge is -2.19. The number of rotatable bonds is 5. The minimum atomic E-state index is -0.458. The molecule has 1 heterocycles. The highest BCUT2D eigenvalue weighted by molar-refractivity contribution is 6.02. The van der Waals surface area contributed by atoms with E-state index in [0.717, 1.165) is 19.3 Å². The van der Waals surface area contributed by atoms with Crippen LogP contribution in [0.2, 0.25) is 0 Å². The van der Waals surface area contributed by atoms with Crippen molar-refractivity contribution in [3.63, 3.8) is 0 Å². The summed E-state index contributed by atoms with van der Waals surface area (Å²) in [5, 5.41) is 0. The highest BCUT2D eigenvalue weighted by Crippen LogP contribution is 2.14. The summed E-state index contributed by atoms with van der Waals surface area (Å²) in [5.41, 5.74) is 0. The molecule has 0 spiro atoms. The zero-order valence-corrected chi connectivity index (χ0v) is 8.75. The predicted octanol–water partition coefficient (Wildman–Crippen LogP) is 1.74. The van der Waals surface area contributed by atoms with Crippen LogP contribution in [0.5, 0.6) is 0 Å². The lowest BCUT2D eigenvalue weighted by Crippen LogP contribution is -2.33. The van der Waals surface area contributed by atoms with Crippen LogP contribution < -0.4 is 0 Å². The van der Waals surface area contributed by atoms with Crippen molar-refractivity contribution < 1.29 is 14.3 Å². The van der Waals surface area contributed by atoms with E-state index in [1.165, 1.54) is 0 Å². The van der Waals surface area contributed by atoms with Gasteiger partial charge in [0, 0.05) is 12.8 Å². The third-order valence-electron chi connectivity index (χ3n) is 2.58. The van der Waals surface area contributed by atoms with Crippen LogP contribution in [-0.2, 0) is 14.3 Å². The van der Waals surface area contributed by atoms with Crippen LogP contribution in [-0.4, -0.2) is 24.8 Å². The van der Waals surface area contributed by atoms with Crippen LogP contribution in [0.25, 0.3) is 0 Å². The Morgan fingerprint density at radius 1 is 1.50 bits per heavy atom. The average Bonchev–Trinajstić information content (AvgIpc) is 2.18. The maximum atomic E-state index is 11.6. The lowest BCUT2D eigenvalue weighted by molar-refractivity contribution is -0.139. The average molecular weight is 198 g/mol. The van der Waals surface area contributed by atoms with Gasteiger partial charge in [0.2, 0.25) is 0 Å². The van der Waals surface area contributed by atoms with Crippen LogP contribution in [0.15, 0.2) is 0 Å². The molecule has 1 unspecified atom stereocenters. The maximum absolute atomic E-state index is 11.6. The quantitative estimate of drug-likeness (QED) is 0.499. The van der Waals surface area contributed by atoms with Gasteiger partial charge in [-0.3, -0.25) is 9.59 Å². The smallest absolute Gasteiger partial charge is 0.147 e. The summed E-state index contributed by atoms with van der Waals surface area (Å²) in [4.78, 5) is 23.0. The van der Waals surface area contributed by atoms with Crippen LogP contribution in [0.3, 0.4) is 0 Å². The molecule has 0 aromatic heterocycles. The second-order valence-corrected chi connectivity index (χ2v) is 3.77. The Kier molecular flexibility index (Phi) is 4.80. The molecule has 3 nitrogen and oxygen atoms in total. The van der Waals surface area contributed by atoms with Gasteiger partial charge in [-0.15, -0.1) is 0 Å². The zero-order valence-electron chi connectivity index (χ0n) is 8.75. The Labute approximate surface area is 84.8 Å². The topological polar surface area (TPSA) is 43.4 Å². The molecular formula is C11H18O3. The first kappa shape index (κ1) is 11.4. The molecule has 0 aliphatic carbocycles. The van der Waals surface area contributed by atoms with Crippen LogP contribution >= 0.6 is 0 Å². The largest absolute Gasteiger partial charge is 0.380 e. The van der Waals surface area contributed by atoms with Crippen LogP contribution in [0, 0.1) is 5.92 Å². The van der Waals surface area contributed by atoms with Gasteiger partial charge in [0.05, 0.1) is 19.1 Å². The summed E-state index contributed by atoms with van der Waals surface area (Å²) in [6, 6.07) is 0. The number of ketones is 2. The van der Waals surface area contributed by atoms with Crippen molar-refractivity contribution in [1.29, 1.82) is 0 Å². The zero-order chi connectivity index (χ0) is 10.4. The van der Waals surface area contributed by atoms with Crippen molar-refractivity contribution in [1.82, 2.24) is 0 Å². The van der Waals surface area contributed by atoms with Gasteiger partial charge >= 0.3 is 0 Å². The third-order valence-corrected chi connectivity index (χ3v) is 2.58. The summed E-state index contributed by atoms with van der Waals surface area (Å²) < 4.78 is 5.14. The van der Waals surface area contributed by atoms with Gasteiger partial charge in [0.1, 0.15) is 11.6 Å². The van der Waals surface area contributed by atoms with E-state index in [-0.39, 0.29) is 11.6 Å². The molecule has 0 amide bonds. The first-order chi connectivity index (χ1) is 6.75. The number of unbranched alkanes of at least 4 members (excludes halogenated alkanes) is 2. The van der Waals surface area contributed by atoms with E-state index in [4.69, 9.17) is 4.74 Å². The maximum Gasteiger partial charge on any atom is 0.147 e. The molecule has 0 radical (unpaired) electrons. The van der Waals surface area contributed by atoms with Crippen molar-refractivity contribution >= 4 is 11.6 Å². The molecule has 0 aromatic rings. The fourth-order valence-electron chi connectivity index (χ4n) is 1.64. The van der Waals surface area contributed by atoms with E-state index in [1.807, 2.05) is 0 Å². The second-order valence-electron chi connectivity index (χ2n) is 3.77. The molecule has 3 heteroatoms. The molecule has 1 saturated heterocycles. The number of carbonyl (C=O) groups is 2. The molecule has 1 aliphatic heterocycles. The SMILES string of the molecule is CCCCCC(=O)C1COCCC1=O. The van der Waals surface area contributed by atoms with E-state index in [1.54, 1.807) is 0 Å². The van der Waals surface area contributed by atoms with Gasteiger partial charge in [-0.2, -0.15) is 0 Å². The van der Waals surface area contributed by atoms with E-state index in [2.05, 4.69) is 6.92 Å². The molecule has 1 aliphatic rings. The van der Waals surface area contributed by atoms with Gasteiger partial charge in [-0.05, 0) is 6.42 Å².